The number of aromatic hydroxyl groups is 1. The Balaban J connectivity index is 2.00. The molecular weight excluding hydrogens is 354 g/mol. The molecule has 21 heavy (non-hydrogen) atoms. The van der Waals surface area contributed by atoms with Gasteiger partial charge in [-0.05, 0) is 35.9 Å². The summed E-state index contributed by atoms with van der Waals surface area (Å²) in [4.78, 5) is 6.30. The summed E-state index contributed by atoms with van der Waals surface area (Å²) in [6.07, 6.45) is 0. The van der Waals surface area contributed by atoms with Gasteiger partial charge in [-0.3, -0.25) is 4.99 Å². The first-order valence-corrected chi connectivity index (χ1v) is 7.56. The average molecular weight is 367 g/mol. The molecule has 0 aromatic heterocycles. The van der Waals surface area contributed by atoms with Crippen LogP contribution in [0.4, 0.5) is 5.69 Å². The highest BCUT2D eigenvalue weighted by atomic mass is 79.9. The van der Waals surface area contributed by atoms with E-state index in [-0.39, 0.29) is 11.8 Å². The fourth-order valence-electron chi connectivity index (χ4n) is 2.42. The van der Waals surface area contributed by atoms with Crippen molar-refractivity contribution in [2.75, 3.05) is 11.4 Å². The number of phenols is 1. The van der Waals surface area contributed by atoms with E-state index in [0.29, 0.717) is 17.5 Å². The van der Waals surface area contributed by atoms with E-state index in [1.165, 1.54) is 0 Å². The molecule has 0 aliphatic carbocycles. The van der Waals surface area contributed by atoms with Gasteiger partial charge in [0.15, 0.2) is 5.96 Å². The lowest BCUT2D eigenvalue weighted by atomic mass is 10.1. The van der Waals surface area contributed by atoms with Crippen molar-refractivity contribution in [3.63, 3.8) is 0 Å². The van der Waals surface area contributed by atoms with Gasteiger partial charge in [0.05, 0.1) is 17.6 Å². The normalized spacial score (nSPS) is 17.9. The molecule has 3 rings (SSSR count). The van der Waals surface area contributed by atoms with Crippen LogP contribution in [0.2, 0.25) is 5.02 Å². The van der Waals surface area contributed by atoms with Gasteiger partial charge in [0.25, 0.3) is 0 Å². The number of nitrogens with zero attached hydrogens (tertiary/aromatic N) is 2. The van der Waals surface area contributed by atoms with Crippen LogP contribution in [0.3, 0.4) is 0 Å². The maximum absolute atomic E-state index is 9.55. The van der Waals surface area contributed by atoms with Gasteiger partial charge >= 0.3 is 0 Å². The van der Waals surface area contributed by atoms with Crippen molar-refractivity contribution in [1.82, 2.24) is 0 Å². The van der Waals surface area contributed by atoms with Crippen LogP contribution >= 0.6 is 27.5 Å². The van der Waals surface area contributed by atoms with E-state index >= 15 is 0 Å². The van der Waals surface area contributed by atoms with Gasteiger partial charge < -0.3 is 15.7 Å². The topological polar surface area (TPSA) is 61.9 Å². The zero-order chi connectivity index (χ0) is 15.0. The van der Waals surface area contributed by atoms with Crippen LogP contribution in [0, 0.1) is 0 Å². The first kappa shape index (κ1) is 14.2. The minimum atomic E-state index is -0.0302. The van der Waals surface area contributed by atoms with E-state index in [9.17, 15) is 5.11 Å². The number of aliphatic imine (C=N–C) groups is 1. The second kappa shape index (κ2) is 5.58. The number of halogens is 2. The lowest BCUT2D eigenvalue weighted by Crippen LogP contribution is -2.36. The number of anilines is 1. The molecule has 0 bridgehead atoms. The molecule has 2 aromatic rings. The van der Waals surface area contributed by atoms with Crippen LogP contribution in [0.15, 0.2) is 51.9 Å². The van der Waals surface area contributed by atoms with Crippen LogP contribution in [-0.2, 0) is 0 Å². The molecule has 0 saturated carbocycles. The standard InChI is InChI=1S/C15H13BrClN3O/c16-10-2-1-3-11(7-10)20-13(8-19-15(20)18)9-4-5-14(21)12(17)6-9/h1-7,13,21H,8H2,(H2,18,19). The van der Waals surface area contributed by atoms with E-state index in [1.54, 1.807) is 12.1 Å². The number of rotatable bonds is 2. The molecule has 0 spiro atoms. The SMILES string of the molecule is NC1=NCC(c2ccc(O)c(Cl)c2)N1c1cccc(Br)c1. The summed E-state index contributed by atoms with van der Waals surface area (Å²) in [5, 5.41) is 9.88. The minimum absolute atomic E-state index is 0.0302. The van der Waals surface area contributed by atoms with Crippen LogP contribution in [-0.4, -0.2) is 17.6 Å². The highest BCUT2D eigenvalue weighted by molar-refractivity contribution is 9.10. The summed E-state index contributed by atoms with van der Waals surface area (Å²) in [5.41, 5.74) is 7.95. The summed E-state index contributed by atoms with van der Waals surface area (Å²) < 4.78 is 0.974. The summed E-state index contributed by atoms with van der Waals surface area (Å²) in [6.45, 7) is 0.555. The van der Waals surface area contributed by atoms with E-state index in [2.05, 4.69) is 20.9 Å². The maximum atomic E-state index is 9.55. The van der Waals surface area contributed by atoms with E-state index in [1.807, 2.05) is 35.2 Å². The molecule has 1 aliphatic heterocycles. The Hall–Kier alpha value is -1.72. The van der Waals surface area contributed by atoms with Crippen LogP contribution in [0.25, 0.3) is 0 Å². The third kappa shape index (κ3) is 2.71. The molecule has 6 heteroatoms. The molecule has 4 nitrogen and oxygen atoms in total. The van der Waals surface area contributed by atoms with Gasteiger partial charge in [0.2, 0.25) is 0 Å². The molecule has 0 fully saturated rings. The molecule has 108 valence electrons. The third-order valence-electron chi connectivity index (χ3n) is 3.43. The van der Waals surface area contributed by atoms with Crippen molar-refractivity contribution < 1.29 is 5.11 Å². The van der Waals surface area contributed by atoms with Crippen LogP contribution in [0.1, 0.15) is 11.6 Å². The monoisotopic (exact) mass is 365 g/mol. The number of hydrogen-bond acceptors (Lipinski definition) is 4. The second-order valence-electron chi connectivity index (χ2n) is 4.78. The maximum Gasteiger partial charge on any atom is 0.196 e. The Bertz CT molecular complexity index is 720. The summed E-state index contributed by atoms with van der Waals surface area (Å²) in [7, 11) is 0. The average Bonchev–Trinajstić information content (AvgIpc) is 2.84. The Morgan fingerprint density at radius 1 is 1.29 bits per heavy atom. The third-order valence-corrected chi connectivity index (χ3v) is 4.22. The number of benzene rings is 2. The number of phenolic OH excluding ortho intramolecular Hbond substituents is 1. The molecule has 0 saturated heterocycles. The predicted octanol–water partition coefficient (Wildman–Crippen LogP) is 3.68. The quantitative estimate of drug-likeness (QED) is 0.852. The first-order valence-electron chi connectivity index (χ1n) is 6.39. The predicted molar refractivity (Wildman–Crippen MR) is 89.0 cm³/mol. The fraction of sp³-hybridized carbons (Fsp3) is 0.133. The molecule has 1 heterocycles. The van der Waals surface area contributed by atoms with Crippen molar-refractivity contribution in [2.24, 2.45) is 10.7 Å². The summed E-state index contributed by atoms with van der Waals surface area (Å²) >= 11 is 9.47. The van der Waals surface area contributed by atoms with Crippen LogP contribution in [0.5, 0.6) is 5.75 Å². The molecule has 0 radical (unpaired) electrons. The smallest absolute Gasteiger partial charge is 0.196 e. The minimum Gasteiger partial charge on any atom is -0.506 e. The highest BCUT2D eigenvalue weighted by Gasteiger charge is 2.29. The largest absolute Gasteiger partial charge is 0.506 e. The number of guanidine groups is 1. The zero-order valence-electron chi connectivity index (χ0n) is 11.0. The lowest BCUT2D eigenvalue weighted by molar-refractivity contribution is 0.475. The Morgan fingerprint density at radius 2 is 2.10 bits per heavy atom. The van der Waals surface area contributed by atoms with Crippen molar-refractivity contribution in [3.05, 3.63) is 57.5 Å². The van der Waals surface area contributed by atoms with Gasteiger partial charge in [-0.15, -0.1) is 0 Å². The van der Waals surface area contributed by atoms with Gasteiger partial charge in [0, 0.05) is 10.2 Å². The Kier molecular flexibility index (Phi) is 3.78. The zero-order valence-corrected chi connectivity index (χ0v) is 13.3. The van der Waals surface area contributed by atoms with Crippen molar-refractivity contribution >= 4 is 39.2 Å². The Morgan fingerprint density at radius 3 is 2.81 bits per heavy atom. The van der Waals surface area contributed by atoms with Crippen molar-refractivity contribution in [2.45, 2.75) is 6.04 Å². The van der Waals surface area contributed by atoms with E-state index in [0.717, 1.165) is 15.7 Å². The van der Waals surface area contributed by atoms with Crippen molar-refractivity contribution in [3.8, 4) is 5.75 Å². The fourth-order valence-corrected chi connectivity index (χ4v) is 3.00. The lowest BCUT2D eigenvalue weighted by Gasteiger charge is -2.27. The Labute approximate surface area is 136 Å². The van der Waals surface area contributed by atoms with Gasteiger partial charge in [-0.1, -0.05) is 39.7 Å². The molecule has 1 unspecified atom stereocenters. The van der Waals surface area contributed by atoms with Crippen molar-refractivity contribution in [1.29, 1.82) is 0 Å². The first-order chi connectivity index (χ1) is 10.1. The summed E-state index contributed by atoms with van der Waals surface area (Å²) in [6, 6.07) is 13.0. The highest BCUT2D eigenvalue weighted by Crippen LogP contribution is 2.35. The molecule has 1 aliphatic rings. The molecule has 1 atom stereocenters. The van der Waals surface area contributed by atoms with Gasteiger partial charge in [-0.25, -0.2) is 0 Å². The van der Waals surface area contributed by atoms with Crippen LogP contribution < -0.4 is 10.6 Å². The molecule has 2 aromatic carbocycles. The second-order valence-corrected chi connectivity index (χ2v) is 6.10. The van der Waals surface area contributed by atoms with Gasteiger partial charge in [-0.2, -0.15) is 0 Å². The number of nitrogens with two attached hydrogens (primary N) is 1. The van der Waals surface area contributed by atoms with Gasteiger partial charge in [0.1, 0.15) is 5.75 Å². The molecular formula is C15H13BrClN3O. The van der Waals surface area contributed by atoms with E-state index in [4.69, 9.17) is 17.3 Å². The summed E-state index contributed by atoms with van der Waals surface area (Å²) in [5.74, 6) is 0.545. The molecule has 3 N–H and O–H groups in total. The molecule has 0 amide bonds. The number of hydrogen-bond donors (Lipinski definition) is 2. The van der Waals surface area contributed by atoms with E-state index < -0.39 is 0 Å².